The summed E-state index contributed by atoms with van der Waals surface area (Å²) in [6, 6.07) is 0.189. The van der Waals surface area contributed by atoms with Gasteiger partial charge in [0.1, 0.15) is 5.82 Å². The molecule has 2 rings (SSSR count). The van der Waals surface area contributed by atoms with Gasteiger partial charge in [-0.25, -0.2) is 9.37 Å². The second kappa shape index (κ2) is 6.41. The van der Waals surface area contributed by atoms with Gasteiger partial charge in [-0.15, -0.1) is 0 Å². The van der Waals surface area contributed by atoms with Gasteiger partial charge < -0.3 is 4.57 Å². The normalized spacial score (nSPS) is 14.6. The van der Waals surface area contributed by atoms with Gasteiger partial charge in [0, 0.05) is 31.4 Å². The van der Waals surface area contributed by atoms with Crippen molar-refractivity contribution in [1.29, 1.82) is 0 Å². The molecule has 0 N–H and O–H groups in total. The van der Waals surface area contributed by atoms with E-state index < -0.39 is 0 Å². The first-order chi connectivity index (χ1) is 9.91. The van der Waals surface area contributed by atoms with Crippen LogP contribution in [-0.4, -0.2) is 19.3 Å². The number of rotatable bonds is 6. The maximum atomic E-state index is 13.8. The Bertz CT molecular complexity index is 585. The summed E-state index contributed by atoms with van der Waals surface area (Å²) in [6.07, 6.45) is 7.08. The van der Waals surface area contributed by atoms with Gasteiger partial charge in [-0.2, -0.15) is 5.10 Å². The molecular formula is C16H25FN4. The average molecular weight is 292 g/mol. The number of hydrogen-bond donors (Lipinski definition) is 0. The number of nitrogens with zero attached hydrogens (tertiary/aromatic N) is 4. The lowest BCUT2D eigenvalue weighted by Gasteiger charge is -2.19. The Morgan fingerprint density at radius 1 is 1.19 bits per heavy atom. The molecule has 116 valence electrons. The SMILES string of the molecule is CC(C)c1c(F)cnn1C(C)CCC(C)c1nccn1C. The molecule has 0 aromatic carbocycles. The summed E-state index contributed by atoms with van der Waals surface area (Å²) in [5.74, 6) is 1.42. The Morgan fingerprint density at radius 2 is 1.90 bits per heavy atom. The number of aryl methyl sites for hydroxylation is 1. The van der Waals surface area contributed by atoms with E-state index in [9.17, 15) is 4.39 Å². The van der Waals surface area contributed by atoms with Crippen LogP contribution in [0.1, 0.15) is 69.9 Å². The van der Waals surface area contributed by atoms with Crippen molar-refractivity contribution in [3.05, 3.63) is 35.9 Å². The zero-order valence-corrected chi connectivity index (χ0v) is 13.5. The molecule has 2 atom stereocenters. The highest BCUT2D eigenvalue weighted by atomic mass is 19.1. The molecule has 2 heterocycles. The van der Waals surface area contributed by atoms with Crippen LogP contribution in [0.15, 0.2) is 18.6 Å². The predicted octanol–water partition coefficient (Wildman–Crippen LogP) is 4.02. The zero-order valence-electron chi connectivity index (χ0n) is 13.5. The second-order valence-electron chi connectivity index (χ2n) is 6.20. The molecule has 2 unspecified atom stereocenters. The molecule has 5 heteroatoms. The predicted molar refractivity (Wildman–Crippen MR) is 81.8 cm³/mol. The summed E-state index contributed by atoms with van der Waals surface area (Å²) in [7, 11) is 2.02. The fourth-order valence-corrected chi connectivity index (χ4v) is 2.84. The third kappa shape index (κ3) is 3.34. The van der Waals surface area contributed by atoms with Gasteiger partial charge in [-0.05, 0) is 25.7 Å². The van der Waals surface area contributed by atoms with Gasteiger partial charge in [-0.3, -0.25) is 4.68 Å². The van der Waals surface area contributed by atoms with Crippen LogP contribution in [0.3, 0.4) is 0 Å². The number of halogens is 1. The highest BCUT2D eigenvalue weighted by Gasteiger charge is 2.19. The lowest BCUT2D eigenvalue weighted by atomic mass is 10.0. The maximum absolute atomic E-state index is 13.8. The summed E-state index contributed by atoms with van der Waals surface area (Å²) in [5, 5.41) is 4.22. The van der Waals surface area contributed by atoms with Crippen molar-refractivity contribution >= 4 is 0 Å². The van der Waals surface area contributed by atoms with Gasteiger partial charge in [0.2, 0.25) is 0 Å². The summed E-state index contributed by atoms with van der Waals surface area (Å²) < 4.78 is 17.7. The van der Waals surface area contributed by atoms with Crippen molar-refractivity contribution < 1.29 is 4.39 Å². The smallest absolute Gasteiger partial charge is 0.164 e. The largest absolute Gasteiger partial charge is 0.338 e. The fraction of sp³-hybridized carbons (Fsp3) is 0.625. The lowest BCUT2D eigenvalue weighted by Crippen LogP contribution is -2.14. The molecule has 2 aromatic heterocycles. The van der Waals surface area contributed by atoms with Gasteiger partial charge in [0.25, 0.3) is 0 Å². The van der Waals surface area contributed by atoms with E-state index in [0.717, 1.165) is 18.7 Å². The average Bonchev–Trinajstić information content (AvgIpc) is 3.01. The first-order valence-electron chi connectivity index (χ1n) is 7.62. The van der Waals surface area contributed by atoms with Crippen molar-refractivity contribution in [2.75, 3.05) is 0 Å². The zero-order chi connectivity index (χ0) is 15.6. The first-order valence-corrected chi connectivity index (χ1v) is 7.62. The third-order valence-corrected chi connectivity index (χ3v) is 4.07. The molecule has 21 heavy (non-hydrogen) atoms. The fourth-order valence-electron chi connectivity index (χ4n) is 2.84. The highest BCUT2D eigenvalue weighted by Crippen LogP contribution is 2.27. The van der Waals surface area contributed by atoms with E-state index in [1.165, 1.54) is 6.20 Å². The second-order valence-corrected chi connectivity index (χ2v) is 6.20. The van der Waals surface area contributed by atoms with Crippen molar-refractivity contribution in [3.8, 4) is 0 Å². The van der Waals surface area contributed by atoms with E-state index in [1.807, 2.05) is 38.0 Å². The standard InChI is InChI=1S/C16H25FN4/c1-11(2)15-14(17)10-19-21(15)13(4)7-6-12(3)16-18-8-9-20(16)5/h8-13H,6-7H2,1-5H3. The molecule has 0 amide bonds. The Balaban J connectivity index is 2.02. The maximum Gasteiger partial charge on any atom is 0.164 e. The molecule has 0 aliphatic carbocycles. The topological polar surface area (TPSA) is 35.6 Å². The molecule has 0 bridgehead atoms. The van der Waals surface area contributed by atoms with Gasteiger partial charge in [0.15, 0.2) is 5.82 Å². The summed E-state index contributed by atoms with van der Waals surface area (Å²) in [4.78, 5) is 4.40. The van der Waals surface area contributed by atoms with Crippen LogP contribution >= 0.6 is 0 Å². The lowest BCUT2D eigenvalue weighted by molar-refractivity contribution is 0.403. The molecule has 4 nitrogen and oxygen atoms in total. The van der Waals surface area contributed by atoms with Crippen LogP contribution in [0, 0.1) is 5.82 Å². The number of aromatic nitrogens is 4. The van der Waals surface area contributed by atoms with E-state index >= 15 is 0 Å². The van der Waals surface area contributed by atoms with Crippen LogP contribution in [-0.2, 0) is 7.05 Å². The third-order valence-electron chi connectivity index (χ3n) is 4.07. The highest BCUT2D eigenvalue weighted by molar-refractivity contribution is 5.09. The van der Waals surface area contributed by atoms with E-state index in [4.69, 9.17) is 0 Å². The van der Waals surface area contributed by atoms with Crippen LogP contribution in [0.5, 0.6) is 0 Å². The summed E-state index contributed by atoms with van der Waals surface area (Å²) in [5.41, 5.74) is 0.701. The van der Waals surface area contributed by atoms with Crippen molar-refractivity contribution in [2.24, 2.45) is 7.05 Å². The molecule has 2 aromatic rings. The molecule has 0 radical (unpaired) electrons. The van der Waals surface area contributed by atoms with E-state index in [-0.39, 0.29) is 17.8 Å². The molecule has 0 saturated heterocycles. The summed E-state index contributed by atoms with van der Waals surface area (Å²) >= 11 is 0. The molecule has 0 fully saturated rings. The first kappa shape index (κ1) is 15.7. The minimum Gasteiger partial charge on any atom is -0.338 e. The van der Waals surface area contributed by atoms with Crippen LogP contribution < -0.4 is 0 Å². The molecule has 0 saturated carbocycles. The van der Waals surface area contributed by atoms with Crippen molar-refractivity contribution in [2.45, 2.75) is 58.4 Å². The minimum absolute atomic E-state index is 0.141. The van der Waals surface area contributed by atoms with Crippen LogP contribution in [0.4, 0.5) is 4.39 Å². The van der Waals surface area contributed by atoms with E-state index in [0.29, 0.717) is 11.6 Å². The van der Waals surface area contributed by atoms with E-state index in [2.05, 4.69) is 28.5 Å². The monoisotopic (exact) mass is 292 g/mol. The van der Waals surface area contributed by atoms with E-state index in [1.54, 1.807) is 0 Å². The Labute approximate surface area is 126 Å². The number of hydrogen-bond acceptors (Lipinski definition) is 2. The number of imidazole rings is 1. The van der Waals surface area contributed by atoms with Gasteiger partial charge in [0.05, 0.1) is 11.9 Å². The Morgan fingerprint density at radius 3 is 2.48 bits per heavy atom. The summed E-state index contributed by atoms with van der Waals surface area (Å²) in [6.45, 7) is 8.28. The van der Waals surface area contributed by atoms with Crippen LogP contribution in [0.25, 0.3) is 0 Å². The van der Waals surface area contributed by atoms with Crippen molar-refractivity contribution in [1.82, 2.24) is 19.3 Å². The molecule has 0 aliphatic heterocycles. The molecular weight excluding hydrogens is 267 g/mol. The molecule has 0 aliphatic rings. The molecule has 0 spiro atoms. The Kier molecular flexibility index (Phi) is 4.80. The van der Waals surface area contributed by atoms with Gasteiger partial charge in [-0.1, -0.05) is 20.8 Å². The van der Waals surface area contributed by atoms with Crippen molar-refractivity contribution in [3.63, 3.8) is 0 Å². The minimum atomic E-state index is -0.200. The van der Waals surface area contributed by atoms with Gasteiger partial charge >= 0.3 is 0 Å². The quantitative estimate of drug-likeness (QED) is 0.806. The van der Waals surface area contributed by atoms with Crippen LogP contribution in [0.2, 0.25) is 0 Å². The Hall–Kier alpha value is -1.65.